The van der Waals surface area contributed by atoms with Gasteiger partial charge in [0.25, 0.3) is 0 Å². The summed E-state index contributed by atoms with van der Waals surface area (Å²) in [5, 5.41) is 0. The largest absolute Gasteiger partial charge is 0.504 e. The highest BCUT2D eigenvalue weighted by atomic mass is 16.5. The molecule has 0 saturated heterocycles. The molecular weight excluding hydrogens is 160 g/mol. The van der Waals surface area contributed by atoms with Crippen LogP contribution in [0, 0.1) is 5.41 Å². The summed E-state index contributed by atoms with van der Waals surface area (Å²) in [4.78, 5) is 0. The number of rotatable bonds is 2. The molecular formula is C12H20O. The molecule has 0 amide bonds. The van der Waals surface area contributed by atoms with Gasteiger partial charge in [0.1, 0.15) is 0 Å². The molecule has 1 aliphatic rings. The Kier molecular flexibility index (Phi) is 3.18. The maximum atomic E-state index is 4.97. The Hall–Kier alpha value is -0.720. The van der Waals surface area contributed by atoms with Gasteiger partial charge in [0.2, 0.25) is 0 Å². The summed E-state index contributed by atoms with van der Waals surface area (Å²) in [6.45, 7) is 6.85. The van der Waals surface area contributed by atoms with Gasteiger partial charge >= 0.3 is 0 Å². The molecule has 1 aliphatic carbocycles. The smallest absolute Gasteiger partial charge is 0.0827 e. The molecule has 0 N–H and O–H groups in total. The third kappa shape index (κ3) is 2.36. The first-order chi connectivity index (χ1) is 6.08. The van der Waals surface area contributed by atoms with Crippen LogP contribution in [0.25, 0.3) is 0 Å². The molecule has 13 heavy (non-hydrogen) atoms. The van der Waals surface area contributed by atoms with Crippen molar-refractivity contribution in [3.8, 4) is 0 Å². The highest BCUT2D eigenvalue weighted by Gasteiger charge is 2.26. The van der Waals surface area contributed by atoms with Gasteiger partial charge in [0.15, 0.2) is 0 Å². The molecule has 0 aromatic heterocycles. The minimum Gasteiger partial charge on any atom is -0.504 e. The van der Waals surface area contributed by atoms with Gasteiger partial charge in [0, 0.05) is 0 Å². The topological polar surface area (TPSA) is 9.23 Å². The van der Waals surface area contributed by atoms with Crippen LogP contribution < -0.4 is 0 Å². The number of hydrogen-bond acceptors (Lipinski definition) is 1. The first-order valence-corrected chi connectivity index (χ1v) is 4.97. The van der Waals surface area contributed by atoms with Gasteiger partial charge in [-0.15, -0.1) is 0 Å². The fourth-order valence-corrected chi connectivity index (χ4v) is 2.15. The average Bonchev–Trinajstić information content (AvgIpc) is 2.02. The molecule has 0 spiro atoms. The van der Waals surface area contributed by atoms with Crippen molar-refractivity contribution in [2.45, 2.75) is 40.0 Å². The Bertz CT molecular complexity index is 234. The predicted molar refractivity (Wildman–Crippen MR) is 56.5 cm³/mol. The Morgan fingerprint density at radius 2 is 2.08 bits per heavy atom. The van der Waals surface area contributed by atoms with E-state index in [1.807, 2.05) is 0 Å². The molecule has 1 nitrogen and oxygen atoms in total. The molecule has 1 heteroatoms. The van der Waals surface area contributed by atoms with Crippen molar-refractivity contribution in [1.29, 1.82) is 0 Å². The van der Waals surface area contributed by atoms with Crippen LogP contribution >= 0.6 is 0 Å². The summed E-state index contributed by atoms with van der Waals surface area (Å²) in [5.41, 5.74) is 3.31. The van der Waals surface area contributed by atoms with E-state index in [9.17, 15) is 0 Å². The van der Waals surface area contributed by atoms with Gasteiger partial charge in [-0.3, -0.25) is 0 Å². The second-order valence-corrected chi connectivity index (χ2v) is 4.47. The third-order valence-corrected chi connectivity index (χ3v) is 2.91. The molecule has 74 valence electrons. The molecule has 0 fully saturated rings. The summed E-state index contributed by atoms with van der Waals surface area (Å²) in [5.74, 6) is 0. The van der Waals surface area contributed by atoms with Crippen LogP contribution in [0.1, 0.15) is 40.0 Å². The quantitative estimate of drug-likeness (QED) is 0.589. The lowest BCUT2D eigenvalue weighted by Gasteiger charge is -2.32. The summed E-state index contributed by atoms with van der Waals surface area (Å²) in [6, 6.07) is 0. The molecule has 0 saturated carbocycles. The van der Waals surface area contributed by atoms with Gasteiger partial charge < -0.3 is 4.74 Å². The van der Waals surface area contributed by atoms with E-state index in [2.05, 4.69) is 26.8 Å². The second kappa shape index (κ2) is 3.99. The lowest BCUT2D eigenvalue weighted by molar-refractivity contribution is 0.332. The number of methoxy groups -OCH3 is 1. The molecule has 0 heterocycles. The molecule has 0 aromatic carbocycles. The van der Waals surface area contributed by atoms with Gasteiger partial charge in [-0.2, -0.15) is 0 Å². The molecule has 0 aromatic rings. The summed E-state index contributed by atoms with van der Waals surface area (Å²) < 4.78 is 4.97. The van der Waals surface area contributed by atoms with Crippen LogP contribution in [-0.2, 0) is 4.74 Å². The normalized spacial score (nSPS) is 22.5. The molecule has 0 aliphatic heterocycles. The molecule has 0 unspecified atom stereocenters. The Morgan fingerprint density at radius 3 is 2.62 bits per heavy atom. The zero-order valence-corrected chi connectivity index (χ0v) is 9.18. The zero-order chi connectivity index (χ0) is 9.90. The monoisotopic (exact) mass is 180 g/mol. The highest BCUT2D eigenvalue weighted by molar-refractivity contribution is 5.31. The molecule has 0 bridgehead atoms. The van der Waals surface area contributed by atoms with Crippen LogP contribution in [0.4, 0.5) is 0 Å². The molecule has 0 atom stereocenters. The van der Waals surface area contributed by atoms with Crippen molar-refractivity contribution < 1.29 is 4.74 Å². The second-order valence-electron chi connectivity index (χ2n) is 4.47. The van der Waals surface area contributed by atoms with E-state index in [-0.39, 0.29) is 0 Å². The van der Waals surface area contributed by atoms with Gasteiger partial charge in [-0.1, -0.05) is 19.4 Å². The third-order valence-electron chi connectivity index (χ3n) is 2.91. The maximum absolute atomic E-state index is 4.97. The number of allylic oxidation sites excluding steroid dienone is 3. The SMILES string of the molecule is CO/C=C/C1=C(C)CCCC1(C)C. The van der Waals surface area contributed by atoms with Crippen molar-refractivity contribution in [1.82, 2.24) is 0 Å². The van der Waals surface area contributed by atoms with E-state index in [4.69, 9.17) is 4.74 Å². The Balaban J connectivity index is 2.91. The predicted octanol–water partition coefficient (Wildman–Crippen LogP) is 3.67. The number of hydrogen-bond donors (Lipinski definition) is 0. The van der Waals surface area contributed by atoms with Crippen molar-refractivity contribution in [3.63, 3.8) is 0 Å². The summed E-state index contributed by atoms with van der Waals surface area (Å²) in [7, 11) is 1.70. The zero-order valence-electron chi connectivity index (χ0n) is 9.18. The van der Waals surface area contributed by atoms with Crippen molar-refractivity contribution in [3.05, 3.63) is 23.5 Å². The van der Waals surface area contributed by atoms with E-state index in [1.54, 1.807) is 13.4 Å². The molecule has 1 rings (SSSR count). The lowest BCUT2D eigenvalue weighted by atomic mass is 9.73. The van der Waals surface area contributed by atoms with Crippen molar-refractivity contribution in [2.75, 3.05) is 7.11 Å². The first-order valence-electron chi connectivity index (χ1n) is 4.97. The standard InChI is InChI=1S/C12H20O/c1-10-6-5-8-12(2,3)11(10)7-9-13-4/h7,9H,5-6,8H2,1-4H3/b9-7+. The van der Waals surface area contributed by atoms with Crippen LogP contribution in [0.15, 0.2) is 23.5 Å². The highest BCUT2D eigenvalue weighted by Crippen LogP contribution is 2.40. The van der Waals surface area contributed by atoms with Gasteiger partial charge in [0.05, 0.1) is 13.4 Å². The van der Waals surface area contributed by atoms with Crippen LogP contribution in [-0.4, -0.2) is 7.11 Å². The Morgan fingerprint density at radius 1 is 1.38 bits per heavy atom. The van der Waals surface area contributed by atoms with Crippen molar-refractivity contribution >= 4 is 0 Å². The fourth-order valence-electron chi connectivity index (χ4n) is 2.15. The van der Waals surface area contributed by atoms with Crippen LogP contribution in [0.5, 0.6) is 0 Å². The lowest BCUT2D eigenvalue weighted by Crippen LogP contribution is -2.19. The van der Waals surface area contributed by atoms with E-state index in [0.717, 1.165) is 0 Å². The Labute approximate surface area is 81.5 Å². The summed E-state index contributed by atoms with van der Waals surface area (Å²) >= 11 is 0. The van der Waals surface area contributed by atoms with E-state index in [0.29, 0.717) is 5.41 Å². The molecule has 0 radical (unpaired) electrons. The minimum atomic E-state index is 0.331. The minimum absolute atomic E-state index is 0.331. The number of ether oxygens (including phenoxy) is 1. The average molecular weight is 180 g/mol. The van der Waals surface area contributed by atoms with Gasteiger partial charge in [-0.25, -0.2) is 0 Å². The maximum Gasteiger partial charge on any atom is 0.0827 e. The fraction of sp³-hybridized carbons (Fsp3) is 0.667. The first kappa shape index (κ1) is 10.4. The van der Waals surface area contributed by atoms with Gasteiger partial charge in [-0.05, 0) is 43.3 Å². The van der Waals surface area contributed by atoms with Crippen LogP contribution in [0.3, 0.4) is 0 Å². The van der Waals surface area contributed by atoms with Crippen molar-refractivity contribution in [2.24, 2.45) is 5.41 Å². The van der Waals surface area contributed by atoms with Crippen LogP contribution in [0.2, 0.25) is 0 Å². The van der Waals surface area contributed by atoms with E-state index in [1.165, 1.54) is 30.4 Å². The van der Waals surface area contributed by atoms with E-state index >= 15 is 0 Å². The van der Waals surface area contributed by atoms with E-state index < -0.39 is 0 Å². The summed E-state index contributed by atoms with van der Waals surface area (Å²) in [6.07, 6.45) is 7.75.